The molecule has 0 fully saturated rings. The number of aromatic nitrogens is 7. The van der Waals surface area contributed by atoms with E-state index >= 15 is 0 Å². The number of hydrogen-bond acceptors (Lipinski definition) is 7. The topological polar surface area (TPSA) is 126 Å². The summed E-state index contributed by atoms with van der Waals surface area (Å²) in [5, 5.41) is 24.6. The van der Waals surface area contributed by atoms with Gasteiger partial charge in [-0.15, -0.1) is 10.2 Å². The number of halogens is 1. The van der Waals surface area contributed by atoms with Gasteiger partial charge in [0.2, 0.25) is 0 Å². The van der Waals surface area contributed by atoms with Gasteiger partial charge in [-0.1, -0.05) is 5.21 Å². The Morgan fingerprint density at radius 2 is 2.25 bits per heavy atom. The third kappa shape index (κ3) is 3.34. The molecule has 0 bridgehead atoms. The van der Waals surface area contributed by atoms with E-state index in [4.69, 9.17) is 5.11 Å². The van der Waals surface area contributed by atoms with E-state index in [0.29, 0.717) is 29.4 Å². The highest BCUT2D eigenvalue weighted by Crippen LogP contribution is 2.20. The van der Waals surface area contributed by atoms with Gasteiger partial charge in [-0.25, -0.2) is 18.6 Å². The average molecular weight is 384 g/mol. The molecular formula is C17H17FN8O2. The van der Waals surface area contributed by atoms with Gasteiger partial charge < -0.3 is 15.4 Å². The molecule has 0 unspecified atom stereocenters. The summed E-state index contributed by atoms with van der Waals surface area (Å²) in [6, 6.07) is 4.21. The molecule has 28 heavy (non-hydrogen) atoms. The van der Waals surface area contributed by atoms with Gasteiger partial charge in [-0.05, 0) is 25.1 Å². The number of anilines is 1. The summed E-state index contributed by atoms with van der Waals surface area (Å²) in [5.41, 5.74) is 1.68. The van der Waals surface area contributed by atoms with E-state index in [9.17, 15) is 9.18 Å². The first-order chi connectivity index (χ1) is 13.5. The minimum atomic E-state index is -0.519. The van der Waals surface area contributed by atoms with E-state index < -0.39 is 11.9 Å². The van der Waals surface area contributed by atoms with Crippen LogP contribution in [0.3, 0.4) is 0 Å². The lowest BCUT2D eigenvalue weighted by atomic mass is 10.1. The highest BCUT2D eigenvalue weighted by Gasteiger charge is 2.14. The van der Waals surface area contributed by atoms with Gasteiger partial charge >= 0.3 is 0 Å². The van der Waals surface area contributed by atoms with Crippen LogP contribution in [0.5, 0.6) is 0 Å². The quantitative estimate of drug-likeness (QED) is 0.452. The average Bonchev–Trinajstić information content (AvgIpc) is 3.30. The SMILES string of the molecule is C[C@H](Nc1ccc2ncc(-c3cn(CCO)nn3)n2n1)c1cc(F)c[nH]c1=O. The normalized spacial score (nSPS) is 12.4. The van der Waals surface area contributed by atoms with Crippen molar-refractivity contribution >= 4 is 11.5 Å². The van der Waals surface area contributed by atoms with E-state index in [1.165, 1.54) is 10.7 Å². The van der Waals surface area contributed by atoms with E-state index in [1.54, 1.807) is 36.0 Å². The van der Waals surface area contributed by atoms with Crippen molar-refractivity contribution in [2.24, 2.45) is 0 Å². The number of nitrogens with zero attached hydrogens (tertiary/aromatic N) is 6. The lowest BCUT2D eigenvalue weighted by Crippen LogP contribution is -2.20. The van der Waals surface area contributed by atoms with Crippen molar-refractivity contribution < 1.29 is 9.50 Å². The van der Waals surface area contributed by atoms with Gasteiger partial charge in [-0.2, -0.15) is 0 Å². The zero-order valence-electron chi connectivity index (χ0n) is 14.9. The Bertz CT molecular complexity index is 1180. The van der Waals surface area contributed by atoms with Crippen LogP contribution in [0, 0.1) is 5.82 Å². The minimum Gasteiger partial charge on any atom is -0.394 e. The first-order valence-electron chi connectivity index (χ1n) is 8.56. The second-order valence-corrected chi connectivity index (χ2v) is 6.19. The third-order valence-corrected chi connectivity index (χ3v) is 4.22. The van der Waals surface area contributed by atoms with E-state index in [2.05, 4.69) is 30.7 Å². The van der Waals surface area contributed by atoms with Crippen molar-refractivity contribution in [2.75, 3.05) is 11.9 Å². The van der Waals surface area contributed by atoms with Crippen molar-refractivity contribution in [2.45, 2.75) is 19.5 Å². The largest absolute Gasteiger partial charge is 0.394 e. The van der Waals surface area contributed by atoms with E-state index in [0.717, 1.165) is 6.20 Å². The number of aliphatic hydroxyl groups excluding tert-OH is 1. The Morgan fingerprint density at radius 1 is 1.39 bits per heavy atom. The maximum Gasteiger partial charge on any atom is 0.253 e. The maximum absolute atomic E-state index is 13.5. The van der Waals surface area contributed by atoms with Crippen molar-refractivity contribution in [1.29, 1.82) is 0 Å². The first-order valence-corrected chi connectivity index (χ1v) is 8.56. The number of pyridine rings is 1. The maximum atomic E-state index is 13.5. The smallest absolute Gasteiger partial charge is 0.253 e. The Kier molecular flexibility index (Phi) is 4.57. The van der Waals surface area contributed by atoms with Crippen molar-refractivity contribution in [3.8, 4) is 11.4 Å². The predicted octanol–water partition coefficient (Wildman–Crippen LogP) is 0.981. The summed E-state index contributed by atoms with van der Waals surface area (Å²) in [6.45, 7) is 2.04. The van der Waals surface area contributed by atoms with Gasteiger partial charge in [-0.3, -0.25) is 4.79 Å². The van der Waals surface area contributed by atoms with Gasteiger partial charge in [0.05, 0.1) is 31.6 Å². The molecule has 144 valence electrons. The zero-order valence-corrected chi connectivity index (χ0v) is 14.9. The number of aliphatic hydroxyl groups is 1. The molecule has 0 saturated heterocycles. The lowest BCUT2D eigenvalue weighted by molar-refractivity contribution is 0.268. The number of H-pyrrole nitrogens is 1. The molecule has 1 atom stereocenters. The molecule has 0 spiro atoms. The molecule has 4 rings (SSSR count). The second kappa shape index (κ2) is 7.19. The molecule has 11 heteroatoms. The highest BCUT2D eigenvalue weighted by molar-refractivity contribution is 5.59. The first kappa shape index (κ1) is 17.8. The summed E-state index contributed by atoms with van der Waals surface area (Å²) in [5.74, 6) is -0.0415. The monoisotopic (exact) mass is 384 g/mol. The van der Waals surface area contributed by atoms with Gasteiger partial charge in [0.25, 0.3) is 5.56 Å². The molecule has 0 aliphatic carbocycles. The van der Waals surface area contributed by atoms with Crippen molar-refractivity contribution in [1.82, 2.24) is 34.6 Å². The molecule has 0 radical (unpaired) electrons. The number of hydrogen-bond donors (Lipinski definition) is 3. The Balaban J connectivity index is 1.65. The number of nitrogens with one attached hydrogen (secondary N) is 2. The molecule has 10 nitrogen and oxygen atoms in total. The van der Waals surface area contributed by atoms with Crippen LogP contribution in [-0.2, 0) is 6.54 Å². The fraction of sp³-hybridized carbons (Fsp3) is 0.235. The van der Waals surface area contributed by atoms with E-state index in [-0.39, 0.29) is 17.7 Å². The van der Waals surface area contributed by atoms with Crippen LogP contribution in [0.15, 0.2) is 41.6 Å². The van der Waals surface area contributed by atoms with E-state index in [1.807, 2.05) is 0 Å². The molecule has 0 saturated carbocycles. The van der Waals surface area contributed by atoms with Crippen LogP contribution in [0.1, 0.15) is 18.5 Å². The Hall–Kier alpha value is -3.60. The summed E-state index contributed by atoms with van der Waals surface area (Å²) in [7, 11) is 0. The van der Waals surface area contributed by atoms with Crippen LogP contribution >= 0.6 is 0 Å². The van der Waals surface area contributed by atoms with Gasteiger partial charge in [0.15, 0.2) is 5.65 Å². The molecule has 0 aromatic carbocycles. The Morgan fingerprint density at radius 3 is 3.07 bits per heavy atom. The molecular weight excluding hydrogens is 367 g/mol. The standard InChI is InChI=1S/C17H17FN8O2/c1-10(12-6-11(18)7-20-17(12)28)21-15-2-3-16-19-8-14(26(16)23-15)13-9-25(4-5-27)24-22-13/h2-3,6-10,27H,4-5H2,1H3,(H,20,28)(H,21,23)/t10-/m0/s1. The molecule has 0 aliphatic rings. The fourth-order valence-electron chi connectivity index (χ4n) is 2.85. The molecule has 4 aromatic heterocycles. The second-order valence-electron chi connectivity index (χ2n) is 6.19. The van der Waals surface area contributed by atoms with Crippen molar-refractivity contribution in [3.05, 3.63) is 58.5 Å². The van der Waals surface area contributed by atoms with Crippen LogP contribution in [0.2, 0.25) is 0 Å². The number of imidazole rings is 1. The molecule has 0 aliphatic heterocycles. The zero-order chi connectivity index (χ0) is 19.7. The fourth-order valence-corrected chi connectivity index (χ4v) is 2.85. The van der Waals surface area contributed by atoms with Gasteiger partial charge in [0.1, 0.15) is 23.0 Å². The van der Waals surface area contributed by atoms with Gasteiger partial charge in [0, 0.05) is 11.8 Å². The van der Waals surface area contributed by atoms with Crippen LogP contribution in [-0.4, -0.2) is 46.3 Å². The van der Waals surface area contributed by atoms with Crippen LogP contribution in [0.25, 0.3) is 17.0 Å². The lowest BCUT2D eigenvalue weighted by Gasteiger charge is -2.14. The van der Waals surface area contributed by atoms with Crippen LogP contribution in [0.4, 0.5) is 10.2 Å². The molecule has 3 N–H and O–H groups in total. The number of fused-ring (bicyclic) bond motifs is 1. The Labute approximate surface area is 157 Å². The third-order valence-electron chi connectivity index (χ3n) is 4.22. The molecule has 4 aromatic rings. The minimum absolute atomic E-state index is 0.0423. The summed E-state index contributed by atoms with van der Waals surface area (Å²) < 4.78 is 16.6. The molecule has 0 amide bonds. The summed E-state index contributed by atoms with van der Waals surface area (Å²) in [4.78, 5) is 18.6. The van der Waals surface area contributed by atoms with Crippen molar-refractivity contribution in [3.63, 3.8) is 0 Å². The summed E-state index contributed by atoms with van der Waals surface area (Å²) in [6.07, 6.45) is 4.33. The van der Waals surface area contributed by atoms with Crippen LogP contribution < -0.4 is 10.9 Å². The number of rotatable bonds is 6. The summed E-state index contributed by atoms with van der Waals surface area (Å²) >= 11 is 0. The highest BCUT2D eigenvalue weighted by atomic mass is 19.1. The predicted molar refractivity (Wildman–Crippen MR) is 98.1 cm³/mol. The molecule has 4 heterocycles. The number of aromatic amines is 1.